The minimum absolute atomic E-state index is 0.213. The highest BCUT2D eigenvalue weighted by Gasteiger charge is 2.17. The SMILES string of the molecule is CC(C(=O)NCc1ccc2c(c1)OCO2)n1ncccc1=O. The average Bonchev–Trinajstić information content (AvgIpc) is 3.00. The average molecular weight is 301 g/mol. The third-order valence-electron chi connectivity index (χ3n) is 3.39. The van der Waals surface area contributed by atoms with Crippen LogP contribution in [-0.2, 0) is 11.3 Å². The van der Waals surface area contributed by atoms with E-state index < -0.39 is 6.04 Å². The predicted molar refractivity (Wildman–Crippen MR) is 77.6 cm³/mol. The first kappa shape index (κ1) is 14.1. The van der Waals surface area contributed by atoms with E-state index in [-0.39, 0.29) is 18.3 Å². The molecule has 0 fully saturated rings. The first-order valence-electron chi connectivity index (χ1n) is 6.85. The van der Waals surface area contributed by atoms with Gasteiger partial charge in [-0.3, -0.25) is 9.59 Å². The van der Waals surface area contributed by atoms with Crippen molar-refractivity contribution in [1.29, 1.82) is 0 Å². The van der Waals surface area contributed by atoms with Crippen molar-refractivity contribution in [2.45, 2.75) is 19.5 Å². The van der Waals surface area contributed by atoms with E-state index >= 15 is 0 Å². The number of aromatic nitrogens is 2. The Balaban J connectivity index is 1.65. The number of ether oxygens (including phenoxy) is 2. The second-order valence-corrected chi connectivity index (χ2v) is 4.89. The zero-order chi connectivity index (χ0) is 15.5. The largest absolute Gasteiger partial charge is 0.454 e. The predicted octanol–water partition coefficient (Wildman–Crippen LogP) is 0.849. The molecule has 0 radical (unpaired) electrons. The van der Waals surface area contributed by atoms with E-state index in [4.69, 9.17) is 9.47 Å². The zero-order valence-electron chi connectivity index (χ0n) is 12.0. The summed E-state index contributed by atoms with van der Waals surface area (Å²) in [5, 5.41) is 6.69. The molecule has 1 aliphatic rings. The number of rotatable bonds is 4. The van der Waals surface area contributed by atoms with Gasteiger partial charge in [0, 0.05) is 18.8 Å². The maximum atomic E-state index is 12.1. The molecule has 7 heteroatoms. The van der Waals surface area contributed by atoms with Gasteiger partial charge in [0.15, 0.2) is 11.5 Å². The van der Waals surface area contributed by atoms with E-state index in [2.05, 4.69) is 10.4 Å². The van der Waals surface area contributed by atoms with Gasteiger partial charge in [0.2, 0.25) is 12.7 Å². The van der Waals surface area contributed by atoms with Crippen molar-refractivity contribution in [1.82, 2.24) is 15.1 Å². The fraction of sp³-hybridized carbons (Fsp3) is 0.267. The molecule has 2 aromatic rings. The van der Waals surface area contributed by atoms with Crippen LogP contribution in [0.15, 0.2) is 41.3 Å². The van der Waals surface area contributed by atoms with Gasteiger partial charge >= 0.3 is 0 Å². The molecule has 22 heavy (non-hydrogen) atoms. The number of benzene rings is 1. The van der Waals surface area contributed by atoms with Crippen LogP contribution in [0.25, 0.3) is 0 Å². The Kier molecular flexibility index (Phi) is 3.78. The molecule has 2 heterocycles. The Morgan fingerprint density at radius 1 is 1.36 bits per heavy atom. The van der Waals surface area contributed by atoms with Gasteiger partial charge in [-0.2, -0.15) is 5.10 Å². The fourth-order valence-electron chi connectivity index (χ4n) is 2.16. The molecule has 0 aliphatic carbocycles. The summed E-state index contributed by atoms with van der Waals surface area (Å²) in [7, 11) is 0. The minimum atomic E-state index is -0.678. The Morgan fingerprint density at radius 3 is 3.00 bits per heavy atom. The third kappa shape index (κ3) is 2.78. The summed E-state index contributed by atoms with van der Waals surface area (Å²) < 4.78 is 11.7. The van der Waals surface area contributed by atoms with Gasteiger partial charge in [-0.15, -0.1) is 0 Å². The van der Waals surface area contributed by atoms with Crippen molar-refractivity contribution in [3.63, 3.8) is 0 Å². The quantitative estimate of drug-likeness (QED) is 0.905. The van der Waals surface area contributed by atoms with Crippen LogP contribution in [0.5, 0.6) is 11.5 Å². The fourth-order valence-corrected chi connectivity index (χ4v) is 2.16. The lowest BCUT2D eigenvalue weighted by Gasteiger charge is -2.13. The van der Waals surface area contributed by atoms with Crippen LogP contribution < -0.4 is 20.3 Å². The van der Waals surface area contributed by atoms with Crippen LogP contribution in [0.2, 0.25) is 0 Å². The van der Waals surface area contributed by atoms with Crippen LogP contribution in [0.1, 0.15) is 18.5 Å². The van der Waals surface area contributed by atoms with Gasteiger partial charge in [-0.05, 0) is 30.7 Å². The van der Waals surface area contributed by atoms with Gasteiger partial charge in [-0.25, -0.2) is 4.68 Å². The standard InChI is InChI=1S/C15H15N3O4/c1-10(18-14(19)3-2-6-17-18)15(20)16-8-11-4-5-12-13(7-11)22-9-21-12/h2-7,10H,8-9H2,1H3,(H,16,20). The second-order valence-electron chi connectivity index (χ2n) is 4.89. The number of carbonyl (C=O) groups excluding carboxylic acids is 1. The highest BCUT2D eigenvalue weighted by atomic mass is 16.7. The summed E-state index contributed by atoms with van der Waals surface area (Å²) >= 11 is 0. The van der Waals surface area contributed by atoms with Crippen molar-refractivity contribution >= 4 is 5.91 Å². The second kappa shape index (κ2) is 5.88. The first-order valence-corrected chi connectivity index (χ1v) is 6.85. The molecule has 7 nitrogen and oxygen atoms in total. The molecule has 1 atom stereocenters. The number of hydrogen-bond acceptors (Lipinski definition) is 5. The summed E-state index contributed by atoms with van der Waals surface area (Å²) in [6.07, 6.45) is 1.48. The van der Waals surface area contributed by atoms with Crippen LogP contribution in [0, 0.1) is 0 Å². The van der Waals surface area contributed by atoms with Crippen LogP contribution in [0.4, 0.5) is 0 Å². The molecule has 114 valence electrons. The topological polar surface area (TPSA) is 82.4 Å². The monoisotopic (exact) mass is 301 g/mol. The highest BCUT2D eigenvalue weighted by Crippen LogP contribution is 2.32. The molecule has 0 saturated carbocycles. The summed E-state index contributed by atoms with van der Waals surface area (Å²) in [6.45, 7) is 2.18. The van der Waals surface area contributed by atoms with E-state index in [1.54, 1.807) is 13.0 Å². The molecule has 1 amide bonds. The molecule has 1 unspecified atom stereocenters. The number of fused-ring (bicyclic) bond motifs is 1. The minimum Gasteiger partial charge on any atom is -0.454 e. The van der Waals surface area contributed by atoms with Crippen molar-refractivity contribution in [3.8, 4) is 11.5 Å². The van der Waals surface area contributed by atoms with E-state index in [0.29, 0.717) is 18.0 Å². The Labute approximate surface area is 126 Å². The molecule has 1 aliphatic heterocycles. The number of amides is 1. The molecular weight excluding hydrogens is 286 g/mol. The van der Waals surface area contributed by atoms with Crippen molar-refractivity contribution in [2.24, 2.45) is 0 Å². The van der Waals surface area contributed by atoms with Gasteiger partial charge in [-0.1, -0.05) is 6.07 Å². The molecule has 3 rings (SSSR count). The zero-order valence-corrected chi connectivity index (χ0v) is 12.0. The van der Waals surface area contributed by atoms with Crippen molar-refractivity contribution < 1.29 is 14.3 Å². The highest BCUT2D eigenvalue weighted by molar-refractivity contribution is 5.79. The van der Waals surface area contributed by atoms with E-state index in [9.17, 15) is 9.59 Å². The first-order chi connectivity index (χ1) is 10.6. The van der Waals surface area contributed by atoms with Gasteiger partial charge in [0.1, 0.15) is 6.04 Å². The number of nitrogens with one attached hydrogen (secondary N) is 1. The smallest absolute Gasteiger partial charge is 0.267 e. The lowest BCUT2D eigenvalue weighted by molar-refractivity contribution is -0.124. The third-order valence-corrected chi connectivity index (χ3v) is 3.39. The van der Waals surface area contributed by atoms with Crippen LogP contribution >= 0.6 is 0 Å². The maximum Gasteiger partial charge on any atom is 0.267 e. The number of carbonyl (C=O) groups is 1. The molecule has 1 aromatic carbocycles. The number of hydrogen-bond donors (Lipinski definition) is 1. The maximum absolute atomic E-state index is 12.1. The Hall–Kier alpha value is -2.83. The molecular formula is C15H15N3O4. The lowest BCUT2D eigenvalue weighted by Crippen LogP contribution is -2.36. The molecule has 1 aromatic heterocycles. The Morgan fingerprint density at radius 2 is 2.18 bits per heavy atom. The van der Waals surface area contributed by atoms with E-state index in [1.807, 2.05) is 12.1 Å². The summed E-state index contributed by atoms with van der Waals surface area (Å²) in [5.41, 5.74) is 0.575. The normalized spacial score (nSPS) is 13.7. The molecule has 0 bridgehead atoms. The molecule has 0 spiro atoms. The lowest BCUT2D eigenvalue weighted by atomic mass is 10.2. The van der Waals surface area contributed by atoms with Crippen LogP contribution in [0.3, 0.4) is 0 Å². The van der Waals surface area contributed by atoms with Crippen molar-refractivity contribution in [3.05, 3.63) is 52.4 Å². The van der Waals surface area contributed by atoms with Crippen LogP contribution in [-0.4, -0.2) is 22.5 Å². The summed E-state index contributed by atoms with van der Waals surface area (Å²) in [5.74, 6) is 1.09. The van der Waals surface area contributed by atoms with Gasteiger partial charge < -0.3 is 14.8 Å². The Bertz CT molecular complexity index is 756. The van der Waals surface area contributed by atoms with Crippen molar-refractivity contribution in [2.75, 3.05) is 6.79 Å². The number of nitrogens with zero attached hydrogens (tertiary/aromatic N) is 2. The molecule has 1 N–H and O–H groups in total. The van der Waals surface area contributed by atoms with Gasteiger partial charge in [0.05, 0.1) is 0 Å². The van der Waals surface area contributed by atoms with Gasteiger partial charge in [0.25, 0.3) is 5.56 Å². The van der Waals surface area contributed by atoms with E-state index in [0.717, 1.165) is 10.2 Å². The molecule has 0 saturated heterocycles. The summed E-state index contributed by atoms with van der Waals surface area (Å²) in [6, 6.07) is 7.70. The summed E-state index contributed by atoms with van der Waals surface area (Å²) in [4.78, 5) is 23.8. The van der Waals surface area contributed by atoms with E-state index in [1.165, 1.54) is 18.3 Å².